The summed E-state index contributed by atoms with van der Waals surface area (Å²) in [6.07, 6.45) is -0.210. The highest BCUT2D eigenvalue weighted by Gasteiger charge is 2.76. The van der Waals surface area contributed by atoms with Crippen LogP contribution in [0.2, 0.25) is 0 Å². The molecule has 13 nitrogen and oxygen atoms in total. The van der Waals surface area contributed by atoms with Gasteiger partial charge in [-0.15, -0.1) is 0 Å². The van der Waals surface area contributed by atoms with Crippen molar-refractivity contribution in [3.63, 3.8) is 0 Å². The van der Waals surface area contributed by atoms with Gasteiger partial charge in [-0.25, -0.2) is 4.84 Å². The Labute approximate surface area is 146 Å². The van der Waals surface area contributed by atoms with E-state index >= 15 is 0 Å². The zero-order valence-electron chi connectivity index (χ0n) is 14.0. The van der Waals surface area contributed by atoms with Gasteiger partial charge < -0.3 is 0 Å². The predicted octanol–water partition coefficient (Wildman–Crippen LogP) is 0.842. The van der Waals surface area contributed by atoms with Crippen molar-refractivity contribution >= 4 is 5.78 Å². The summed E-state index contributed by atoms with van der Waals surface area (Å²) < 4.78 is 0. The maximum absolute atomic E-state index is 11.7. The molecule has 0 radical (unpaired) electrons. The van der Waals surface area contributed by atoms with E-state index in [1.165, 1.54) is 0 Å². The van der Waals surface area contributed by atoms with Crippen LogP contribution in [0.5, 0.6) is 0 Å². The molecule has 0 spiro atoms. The Morgan fingerprint density at radius 3 is 1.88 bits per heavy atom. The molecule has 2 aliphatic carbocycles. The fourth-order valence-electron chi connectivity index (χ4n) is 3.84. The van der Waals surface area contributed by atoms with Crippen molar-refractivity contribution in [2.75, 3.05) is 0 Å². The zero-order valence-corrected chi connectivity index (χ0v) is 14.0. The lowest BCUT2D eigenvalue weighted by molar-refractivity contribution is -0.855. The van der Waals surface area contributed by atoms with Crippen LogP contribution in [0.3, 0.4) is 0 Å². The van der Waals surface area contributed by atoms with E-state index in [1.807, 2.05) is 0 Å². The number of ketones is 1. The van der Waals surface area contributed by atoms with Crippen LogP contribution in [-0.4, -0.2) is 48.8 Å². The largest absolute Gasteiger partial charge is 0.569 e. The lowest BCUT2D eigenvalue weighted by atomic mass is 9.57. The molecule has 0 N–H and O–H groups in total. The molecule has 3 aliphatic rings. The van der Waals surface area contributed by atoms with Crippen molar-refractivity contribution in [1.29, 1.82) is 0 Å². The van der Waals surface area contributed by atoms with Gasteiger partial charge in [0, 0.05) is 17.8 Å². The molecule has 1 unspecified atom stereocenters. The van der Waals surface area contributed by atoms with Crippen molar-refractivity contribution in [3.8, 4) is 0 Å². The molecule has 0 aromatic heterocycles. The molecular weight excluding hydrogens is 356 g/mol. The van der Waals surface area contributed by atoms with Crippen LogP contribution < -0.4 is 0 Å². The minimum Gasteiger partial charge on any atom is -0.297 e. The van der Waals surface area contributed by atoms with E-state index in [4.69, 9.17) is 9.68 Å². The molecule has 0 amide bonds. The number of nitro groups is 3. The molecule has 0 aromatic rings. The Hall–Kier alpha value is -2.25. The molecule has 1 atom stereocenters. The molecule has 1 saturated heterocycles. The molecule has 1 aliphatic heterocycles. The summed E-state index contributed by atoms with van der Waals surface area (Å²) in [6.45, 7) is 1.09. The molecule has 3 fully saturated rings. The molecule has 144 valence electrons. The Kier molecular flexibility index (Phi) is 4.20. The summed E-state index contributed by atoms with van der Waals surface area (Å²) in [6, 6.07) is 0. The number of hydrogen-bond donors (Lipinski definition) is 0. The fraction of sp³-hybridized carbons (Fsp3) is 0.923. The number of nitrogens with zero attached hydrogens (tertiary/aromatic N) is 4. The highest BCUT2D eigenvalue weighted by molar-refractivity contribution is 5.80. The maximum Gasteiger partial charge on any atom is 0.569 e. The minimum atomic E-state index is -3.03. The number of carbonyl (C=O) groups is 1. The predicted molar refractivity (Wildman–Crippen MR) is 80.0 cm³/mol. The third-order valence-corrected chi connectivity index (χ3v) is 5.81. The van der Waals surface area contributed by atoms with Crippen LogP contribution in [0.25, 0.3) is 0 Å². The first-order valence-electron chi connectivity index (χ1n) is 8.21. The van der Waals surface area contributed by atoms with E-state index in [0.717, 1.165) is 6.92 Å². The summed E-state index contributed by atoms with van der Waals surface area (Å²) in [5.41, 5.74) is -2.88. The average Bonchev–Trinajstić information content (AvgIpc) is 2.83. The first kappa shape index (κ1) is 18.5. The molecule has 26 heavy (non-hydrogen) atoms. The molecule has 0 bridgehead atoms. The van der Waals surface area contributed by atoms with Crippen molar-refractivity contribution in [3.05, 3.63) is 30.3 Å². The van der Waals surface area contributed by atoms with Gasteiger partial charge in [0.15, 0.2) is 17.5 Å². The smallest absolute Gasteiger partial charge is 0.297 e. The summed E-state index contributed by atoms with van der Waals surface area (Å²) in [4.78, 5) is 54.1. The van der Waals surface area contributed by atoms with Crippen LogP contribution in [-0.2, 0) is 14.5 Å². The zero-order chi connectivity index (χ0) is 19.3. The first-order chi connectivity index (χ1) is 12.1. The lowest BCUT2D eigenvalue weighted by Crippen LogP contribution is -2.70. The maximum atomic E-state index is 11.7. The normalized spacial score (nSPS) is 28.6. The van der Waals surface area contributed by atoms with Gasteiger partial charge in [0.05, 0.1) is 5.23 Å². The Bertz CT molecular complexity index is 659. The van der Waals surface area contributed by atoms with Crippen LogP contribution in [0.1, 0.15) is 51.9 Å². The molecule has 1 heterocycles. The Morgan fingerprint density at radius 1 is 1.04 bits per heavy atom. The van der Waals surface area contributed by atoms with Gasteiger partial charge in [-0.05, 0) is 32.6 Å². The van der Waals surface area contributed by atoms with E-state index in [2.05, 4.69) is 0 Å². The number of rotatable bonds is 7. The van der Waals surface area contributed by atoms with Gasteiger partial charge in [-0.2, -0.15) is 0 Å². The third kappa shape index (κ3) is 2.23. The van der Waals surface area contributed by atoms with Gasteiger partial charge in [0.25, 0.3) is 5.54 Å². The molecule has 2 saturated carbocycles. The lowest BCUT2D eigenvalue weighted by Gasteiger charge is -2.53. The highest BCUT2D eigenvalue weighted by atomic mass is 17.0. The van der Waals surface area contributed by atoms with E-state index in [1.54, 1.807) is 0 Å². The number of Topliss-reactive ketones (excluding diaryl/α,β-unsaturated/α-hetero) is 1. The topological polar surface area (TPSA) is 168 Å². The quantitative estimate of drug-likeness (QED) is 0.353. The van der Waals surface area contributed by atoms with Gasteiger partial charge in [0.2, 0.25) is 0 Å². The minimum absolute atomic E-state index is 0.127. The monoisotopic (exact) mass is 374 g/mol. The standard InChI is InChI=1S/C13H18N4O9/c1-9(18)10-8-13(15(21)22,16(23)24)17(25-10)26-12(6-3-7-12)11(14(19)20)4-2-5-11/h10H,2-8H2,1H3. The Morgan fingerprint density at radius 2 is 1.58 bits per heavy atom. The van der Waals surface area contributed by atoms with E-state index in [9.17, 15) is 35.1 Å². The van der Waals surface area contributed by atoms with Crippen molar-refractivity contribution in [2.45, 2.75) is 74.9 Å². The van der Waals surface area contributed by atoms with Crippen LogP contribution >= 0.6 is 0 Å². The van der Waals surface area contributed by atoms with Gasteiger partial charge in [0.1, 0.15) is 16.3 Å². The number of carbonyl (C=O) groups excluding carboxylic acids is 1. The summed E-state index contributed by atoms with van der Waals surface area (Å²) >= 11 is 0. The van der Waals surface area contributed by atoms with Gasteiger partial charge in [-0.1, -0.05) is 0 Å². The second-order valence-corrected chi connectivity index (χ2v) is 7.04. The average molecular weight is 374 g/mol. The summed E-state index contributed by atoms with van der Waals surface area (Å²) in [7, 11) is 0. The Balaban J connectivity index is 1.97. The van der Waals surface area contributed by atoms with Crippen molar-refractivity contribution in [2.24, 2.45) is 0 Å². The van der Waals surface area contributed by atoms with Crippen molar-refractivity contribution < 1.29 is 29.2 Å². The van der Waals surface area contributed by atoms with Crippen LogP contribution in [0.4, 0.5) is 0 Å². The first-order valence-corrected chi connectivity index (χ1v) is 8.21. The highest BCUT2D eigenvalue weighted by Crippen LogP contribution is 2.56. The second-order valence-electron chi connectivity index (χ2n) is 7.04. The van der Waals surface area contributed by atoms with Crippen molar-refractivity contribution in [1.82, 2.24) is 5.23 Å². The number of hydroxylamine groups is 2. The SMILES string of the molecule is CC(=O)C1CC([N+](=O)[O-])([N+](=O)[O-])N(OC2(C3([N+](=O)[O-])CCC3)CCC2)O1. The summed E-state index contributed by atoms with van der Waals surface area (Å²) in [5.74, 6) is -3.67. The van der Waals surface area contributed by atoms with E-state index in [-0.39, 0.29) is 30.9 Å². The number of hydrogen-bond acceptors (Lipinski definition) is 10. The molecule has 13 heteroatoms. The van der Waals surface area contributed by atoms with Gasteiger partial charge >= 0.3 is 5.79 Å². The van der Waals surface area contributed by atoms with E-state index in [0.29, 0.717) is 12.8 Å². The fourth-order valence-corrected chi connectivity index (χ4v) is 3.84. The third-order valence-electron chi connectivity index (χ3n) is 5.81. The van der Waals surface area contributed by atoms with Crippen LogP contribution in [0, 0.1) is 30.3 Å². The second kappa shape index (κ2) is 5.89. The molecule has 3 rings (SSSR count). The molecule has 0 aromatic carbocycles. The van der Waals surface area contributed by atoms with Gasteiger partial charge in [-0.3, -0.25) is 40.0 Å². The molecular formula is C13H18N4O9. The van der Waals surface area contributed by atoms with E-state index < -0.39 is 50.0 Å². The van der Waals surface area contributed by atoms with Crippen LogP contribution in [0.15, 0.2) is 0 Å². The summed E-state index contributed by atoms with van der Waals surface area (Å²) in [5, 5.41) is 34.8.